The van der Waals surface area contributed by atoms with Gasteiger partial charge in [0.05, 0.1) is 17.3 Å². The number of piperidine rings is 1. The van der Waals surface area contributed by atoms with Crippen LogP contribution in [0, 0.1) is 5.92 Å². The number of ether oxygens (including phenoxy) is 1. The number of fused-ring (bicyclic) bond motifs is 1. The summed E-state index contributed by atoms with van der Waals surface area (Å²) in [6.45, 7) is 9.51. The monoisotopic (exact) mass is 609 g/mol. The third-order valence-corrected chi connectivity index (χ3v) is 9.23. The minimum atomic E-state index is -0.201. The summed E-state index contributed by atoms with van der Waals surface area (Å²) in [7, 11) is 0. The lowest BCUT2D eigenvalue weighted by Crippen LogP contribution is -2.35. The summed E-state index contributed by atoms with van der Waals surface area (Å²) in [6.07, 6.45) is 8.17. The second-order valence-electron chi connectivity index (χ2n) is 12.3. The number of urea groups is 1. The van der Waals surface area contributed by atoms with Gasteiger partial charge >= 0.3 is 6.03 Å². The Morgan fingerprint density at radius 1 is 0.956 bits per heavy atom. The fraction of sp³-hybridized carbons (Fsp3) is 0.472. The number of anilines is 1. The van der Waals surface area contributed by atoms with Crippen molar-refractivity contribution in [3.05, 3.63) is 77.1 Å². The van der Waals surface area contributed by atoms with E-state index in [-0.39, 0.29) is 6.03 Å². The molecule has 6 rings (SSSR count). The first-order chi connectivity index (χ1) is 22.1. The summed E-state index contributed by atoms with van der Waals surface area (Å²) in [5, 5.41) is 19.0. The van der Waals surface area contributed by atoms with Gasteiger partial charge in [-0.15, -0.1) is 0 Å². The molecule has 9 heteroatoms. The van der Waals surface area contributed by atoms with E-state index in [1.54, 1.807) is 0 Å². The van der Waals surface area contributed by atoms with Gasteiger partial charge in [0.2, 0.25) is 0 Å². The van der Waals surface area contributed by atoms with Crippen molar-refractivity contribution in [1.29, 1.82) is 0 Å². The van der Waals surface area contributed by atoms with Gasteiger partial charge in [0.15, 0.2) is 5.65 Å². The van der Waals surface area contributed by atoms with Crippen LogP contribution in [0.2, 0.25) is 0 Å². The van der Waals surface area contributed by atoms with Gasteiger partial charge in [0.1, 0.15) is 0 Å². The summed E-state index contributed by atoms with van der Waals surface area (Å²) in [4.78, 5) is 18.1. The molecule has 2 aliphatic heterocycles. The molecule has 45 heavy (non-hydrogen) atoms. The number of hydrogen-bond donors (Lipinski definition) is 4. The van der Waals surface area contributed by atoms with Gasteiger partial charge in [-0.1, -0.05) is 49.4 Å². The first-order valence-corrected chi connectivity index (χ1v) is 16.7. The highest BCUT2D eigenvalue weighted by Gasteiger charge is 2.22. The van der Waals surface area contributed by atoms with E-state index in [1.807, 2.05) is 10.9 Å². The van der Waals surface area contributed by atoms with Crippen molar-refractivity contribution in [3.8, 4) is 11.1 Å². The number of carbonyl (C=O) groups is 1. The summed E-state index contributed by atoms with van der Waals surface area (Å²) in [5.74, 6) is 0.754. The molecule has 0 spiro atoms. The van der Waals surface area contributed by atoms with Crippen LogP contribution < -0.4 is 21.3 Å². The van der Waals surface area contributed by atoms with Crippen molar-refractivity contribution in [2.45, 2.75) is 78.0 Å². The highest BCUT2D eigenvalue weighted by Crippen LogP contribution is 2.31. The normalized spacial score (nSPS) is 16.1. The number of amides is 2. The third kappa shape index (κ3) is 7.65. The standard InChI is InChI=1S/C36H47N7O2/c1-3-33-31(34(41-30-13-17-45-18-14-30)32-24-40-43(4-2)35(32)42-33)23-39-36(44)38-22-27-8-6-10-29(21-27)28-9-5-7-26(20-28)19-25-11-15-37-16-12-25/h5-10,20-21,24-25,30,37H,3-4,11-19,22-23H2,1-2H3,(H,41,42)(H2,38,39,44). The first kappa shape index (κ1) is 31.0. The Morgan fingerprint density at radius 3 is 2.40 bits per heavy atom. The van der Waals surface area contributed by atoms with E-state index in [4.69, 9.17) is 9.72 Å². The lowest BCUT2D eigenvalue weighted by atomic mass is 9.90. The Hall–Kier alpha value is -3.95. The van der Waals surface area contributed by atoms with Crippen LogP contribution in [0.15, 0.2) is 54.7 Å². The van der Waals surface area contributed by atoms with E-state index < -0.39 is 0 Å². The van der Waals surface area contributed by atoms with Crippen molar-refractivity contribution in [2.24, 2.45) is 5.92 Å². The molecule has 0 aliphatic carbocycles. The van der Waals surface area contributed by atoms with Gasteiger partial charge < -0.3 is 26.0 Å². The number of nitrogens with one attached hydrogen (secondary N) is 4. The van der Waals surface area contributed by atoms with Crippen molar-refractivity contribution in [1.82, 2.24) is 30.7 Å². The SMILES string of the molecule is CCc1nc2c(cnn2CC)c(NC2CCOCC2)c1CNC(=O)NCc1cccc(-c2cccc(CC3CCNCC3)c2)c1. The molecular weight excluding hydrogens is 562 g/mol. The average molecular weight is 610 g/mol. The molecule has 9 nitrogen and oxygen atoms in total. The zero-order chi connectivity index (χ0) is 31.0. The number of hydrogen-bond acceptors (Lipinski definition) is 6. The molecule has 2 saturated heterocycles. The molecule has 2 aliphatic rings. The molecule has 2 amide bonds. The van der Waals surface area contributed by atoms with E-state index >= 15 is 0 Å². The largest absolute Gasteiger partial charge is 0.381 e. The first-order valence-electron chi connectivity index (χ1n) is 16.7. The van der Waals surface area contributed by atoms with Crippen molar-refractivity contribution in [2.75, 3.05) is 31.6 Å². The maximum atomic E-state index is 13.1. The molecule has 0 saturated carbocycles. The minimum Gasteiger partial charge on any atom is -0.381 e. The molecule has 0 bridgehead atoms. The predicted molar refractivity (Wildman–Crippen MR) is 180 cm³/mol. The topological polar surface area (TPSA) is 105 Å². The molecule has 238 valence electrons. The van der Waals surface area contributed by atoms with Gasteiger partial charge in [-0.25, -0.2) is 14.5 Å². The van der Waals surface area contributed by atoms with Crippen molar-refractivity contribution in [3.63, 3.8) is 0 Å². The van der Waals surface area contributed by atoms with Crippen molar-refractivity contribution >= 4 is 22.8 Å². The number of aromatic nitrogens is 3. The molecule has 0 atom stereocenters. The Kier molecular flexibility index (Phi) is 10.3. The average Bonchev–Trinajstić information content (AvgIpc) is 3.51. The summed E-state index contributed by atoms with van der Waals surface area (Å²) in [6, 6.07) is 17.5. The molecule has 0 unspecified atom stereocenters. The Morgan fingerprint density at radius 2 is 1.67 bits per heavy atom. The fourth-order valence-electron chi connectivity index (χ4n) is 6.67. The number of benzene rings is 2. The second-order valence-corrected chi connectivity index (χ2v) is 12.3. The molecule has 2 aromatic heterocycles. The zero-order valence-electron chi connectivity index (χ0n) is 26.7. The number of pyridine rings is 1. The number of carbonyl (C=O) groups excluding carboxylic acids is 1. The van der Waals surface area contributed by atoms with Gasteiger partial charge in [-0.05, 0) is 92.8 Å². The second kappa shape index (κ2) is 14.9. The van der Waals surface area contributed by atoms with Crippen LogP contribution in [0.5, 0.6) is 0 Å². The van der Waals surface area contributed by atoms with E-state index in [0.717, 1.165) is 98.0 Å². The molecule has 4 aromatic rings. The van der Waals surface area contributed by atoms with Crippen molar-refractivity contribution < 1.29 is 9.53 Å². The van der Waals surface area contributed by atoms with Crippen LogP contribution in [0.25, 0.3) is 22.2 Å². The predicted octanol–water partition coefficient (Wildman–Crippen LogP) is 5.81. The van der Waals surface area contributed by atoms with E-state index in [2.05, 4.69) is 88.7 Å². The van der Waals surface area contributed by atoms with Crippen LogP contribution in [0.4, 0.5) is 10.5 Å². The maximum Gasteiger partial charge on any atom is 0.315 e. The molecular formula is C36H47N7O2. The van der Waals surface area contributed by atoms with Crippen LogP contribution >= 0.6 is 0 Å². The van der Waals surface area contributed by atoms with Crippen LogP contribution in [-0.4, -0.2) is 53.1 Å². The fourth-order valence-corrected chi connectivity index (χ4v) is 6.67. The molecule has 2 fully saturated rings. The number of rotatable bonds is 11. The van der Waals surface area contributed by atoms with Gasteiger partial charge in [-0.2, -0.15) is 5.10 Å². The molecule has 2 aromatic carbocycles. The highest BCUT2D eigenvalue weighted by atomic mass is 16.5. The molecule has 4 heterocycles. The van der Waals surface area contributed by atoms with E-state index in [1.165, 1.54) is 29.5 Å². The van der Waals surface area contributed by atoms with Gasteiger partial charge in [-0.3, -0.25) is 0 Å². The Labute approximate surface area is 266 Å². The third-order valence-electron chi connectivity index (χ3n) is 9.23. The number of nitrogens with zero attached hydrogens (tertiary/aromatic N) is 3. The van der Waals surface area contributed by atoms with Crippen LogP contribution in [0.1, 0.15) is 61.9 Å². The zero-order valence-corrected chi connectivity index (χ0v) is 26.7. The lowest BCUT2D eigenvalue weighted by molar-refractivity contribution is 0.0904. The van der Waals surface area contributed by atoms with Crippen LogP contribution in [-0.2, 0) is 37.2 Å². The molecule has 0 radical (unpaired) electrons. The van der Waals surface area contributed by atoms with Gasteiger partial charge in [0.25, 0.3) is 0 Å². The van der Waals surface area contributed by atoms with E-state index in [9.17, 15) is 4.79 Å². The summed E-state index contributed by atoms with van der Waals surface area (Å²) < 4.78 is 7.53. The maximum absolute atomic E-state index is 13.1. The van der Waals surface area contributed by atoms with Gasteiger partial charge in [0, 0.05) is 50.1 Å². The highest BCUT2D eigenvalue weighted by molar-refractivity contribution is 5.92. The molecule has 4 N–H and O–H groups in total. The smallest absolute Gasteiger partial charge is 0.315 e. The summed E-state index contributed by atoms with van der Waals surface area (Å²) in [5.41, 5.74) is 8.76. The summed E-state index contributed by atoms with van der Waals surface area (Å²) >= 11 is 0. The Bertz CT molecular complexity index is 1590. The minimum absolute atomic E-state index is 0.201. The lowest BCUT2D eigenvalue weighted by Gasteiger charge is -2.26. The van der Waals surface area contributed by atoms with E-state index in [0.29, 0.717) is 19.1 Å². The quantitative estimate of drug-likeness (QED) is 0.171. The number of aryl methyl sites for hydroxylation is 2. The Balaban J connectivity index is 1.12. The van der Waals surface area contributed by atoms with Crippen LogP contribution in [0.3, 0.4) is 0 Å².